The topological polar surface area (TPSA) is 94.6 Å². The van der Waals surface area contributed by atoms with Crippen molar-refractivity contribution in [2.24, 2.45) is 0 Å². The van der Waals surface area contributed by atoms with Crippen molar-refractivity contribution < 1.29 is 32.2 Å². The van der Waals surface area contributed by atoms with Crippen molar-refractivity contribution in [3.05, 3.63) is 33.6 Å². The number of halogens is 4. The van der Waals surface area contributed by atoms with Gasteiger partial charge in [0.1, 0.15) is 11.1 Å². The number of benzene rings is 1. The van der Waals surface area contributed by atoms with Crippen LogP contribution in [0.1, 0.15) is 17.3 Å². The van der Waals surface area contributed by atoms with Crippen LogP contribution in [0.2, 0.25) is 0 Å². The molecule has 0 aliphatic heterocycles. The first-order chi connectivity index (χ1) is 10.7. The second kappa shape index (κ2) is 5.78. The fraction of sp³-hybridized carbons (Fsp3) is 0.231. The summed E-state index contributed by atoms with van der Waals surface area (Å²) in [6.07, 6.45) is 0.822. The lowest BCUT2D eigenvalue weighted by molar-refractivity contribution is -0.0516. The van der Waals surface area contributed by atoms with Gasteiger partial charge in [0.25, 0.3) is 0 Å². The Labute approximate surface area is 125 Å². The zero-order valence-corrected chi connectivity index (χ0v) is 11.6. The quantitative estimate of drug-likeness (QED) is 0.660. The standard InChI is InChI=1S/C13H10F4N2O4/c1-2-19-3-4(12(21)22)10(20)5-8(18)6(14)7(15)11(9(5)19)23-13(16)17/h3,13H,2,18H2,1H3,(H,21,22). The number of nitrogens with zero attached hydrogens (tertiary/aromatic N) is 1. The van der Waals surface area contributed by atoms with E-state index in [4.69, 9.17) is 10.8 Å². The summed E-state index contributed by atoms with van der Waals surface area (Å²) < 4.78 is 57.6. The molecule has 0 aliphatic rings. The van der Waals surface area contributed by atoms with E-state index in [1.165, 1.54) is 6.92 Å². The minimum Gasteiger partial charge on any atom is -0.477 e. The molecule has 2 rings (SSSR count). The average molecular weight is 334 g/mol. The molecule has 3 N–H and O–H groups in total. The highest BCUT2D eigenvalue weighted by Crippen LogP contribution is 2.35. The molecule has 6 nitrogen and oxygen atoms in total. The summed E-state index contributed by atoms with van der Waals surface area (Å²) in [6, 6.07) is 0. The van der Waals surface area contributed by atoms with Gasteiger partial charge < -0.3 is 20.1 Å². The second-order valence-corrected chi connectivity index (χ2v) is 4.44. The molecule has 23 heavy (non-hydrogen) atoms. The maximum atomic E-state index is 13.9. The Morgan fingerprint density at radius 3 is 2.48 bits per heavy atom. The summed E-state index contributed by atoms with van der Waals surface area (Å²) in [7, 11) is 0. The highest BCUT2D eigenvalue weighted by molar-refractivity contribution is 6.00. The number of carboxylic acid groups (broad SMARTS) is 1. The number of aromatic nitrogens is 1. The molecule has 1 aromatic heterocycles. The normalized spacial score (nSPS) is 11.2. The van der Waals surface area contributed by atoms with Gasteiger partial charge in [-0.15, -0.1) is 0 Å². The molecule has 0 bridgehead atoms. The van der Waals surface area contributed by atoms with Crippen LogP contribution >= 0.6 is 0 Å². The lowest BCUT2D eigenvalue weighted by Gasteiger charge is -2.17. The number of anilines is 1. The van der Waals surface area contributed by atoms with E-state index < -0.39 is 57.5 Å². The first-order valence-corrected chi connectivity index (χ1v) is 6.22. The average Bonchev–Trinajstić information content (AvgIpc) is 2.48. The molecule has 0 spiro atoms. The molecule has 2 aromatic rings. The Hall–Kier alpha value is -2.78. The Morgan fingerprint density at radius 2 is 2.00 bits per heavy atom. The number of pyridine rings is 1. The number of ether oxygens (including phenoxy) is 1. The van der Waals surface area contributed by atoms with Crippen molar-refractivity contribution in [2.75, 3.05) is 5.73 Å². The summed E-state index contributed by atoms with van der Waals surface area (Å²) >= 11 is 0. The first kappa shape index (κ1) is 16.6. The molecule has 0 saturated heterocycles. The van der Waals surface area contributed by atoms with E-state index >= 15 is 0 Å². The van der Waals surface area contributed by atoms with Crippen molar-refractivity contribution in [3.63, 3.8) is 0 Å². The van der Waals surface area contributed by atoms with Gasteiger partial charge in [-0.1, -0.05) is 0 Å². The van der Waals surface area contributed by atoms with Crippen LogP contribution in [-0.4, -0.2) is 22.3 Å². The second-order valence-electron chi connectivity index (χ2n) is 4.44. The Balaban J connectivity index is 3.11. The number of nitrogen functional groups attached to an aromatic ring is 1. The molecule has 0 atom stereocenters. The maximum Gasteiger partial charge on any atom is 0.387 e. The fourth-order valence-corrected chi connectivity index (χ4v) is 2.19. The van der Waals surface area contributed by atoms with E-state index in [1.54, 1.807) is 0 Å². The monoisotopic (exact) mass is 334 g/mol. The number of alkyl halides is 2. The van der Waals surface area contributed by atoms with Gasteiger partial charge in [0.05, 0.1) is 11.1 Å². The number of nitrogens with two attached hydrogens (primary N) is 1. The molecule has 0 fully saturated rings. The van der Waals surface area contributed by atoms with Crippen molar-refractivity contribution in [1.82, 2.24) is 4.57 Å². The van der Waals surface area contributed by atoms with Gasteiger partial charge in [0, 0.05) is 12.7 Å². The number of hydrogen-bond acceptors (Lipinski definition) is 4. The third kappa shape index (κ3) is 2.56. The van der Waals surface area contributed by atoms with Crippen LogP contribution in [0.25, 0.3) is 10.9 Å². The van der Waals surface area contributed by atoms with Gasteiger partial charge >= 0.3 is 12.6 Å². The Morgan fingerprint density at radius 1 is 1.39 bits per heavy atom. The number of carbonyl (C=O) groups is 1. The van der Waals surface area contributed by atoms with Crippen LogP contribution < -0.4 is 15.9 Å². The van der Waals surface area contributed by atoms with Crippen LogP contribution in [0.3, 0.4) is 0 Å². The van der Waals surface area contributed by atoms with Gasteiger partial charge in [-0.25, -0.2) is 9.18 Å². The predicted molar refractivity (Wildman–Crippen MR) is 71.8 cm³/mol. The van der Waals surface area contributed by atoms with Crippen LogP contribution in [0.5, 0.6) is 5.75 Å². The van der Waals surface area contributed by atoms with Crippen molar-refractivity contribution in [1.29, 1.82) is 0 Å². The largest absolute Gasteiger partial charge is 0.477 e. The number of aryl methyl sites for hydroxylation is 1. The number of aromatic carboxylic acids is 1. The van der Waals surface area contributed by atoms with E-state index in [0.29, 0.717) is 0 Å². The smallest absolute Gasteiger partial charge is 0.387 e. The molecule has 0 saturated carbocycles. The summed E-state index contributed by atoms with van der Waals surface area (Å²) in [5.74, 6) is -6.40. The van der Waals surface area contributed by atoms with Gasteiger partial charge in [0.15, 0.2) is 11.6 Å². The first-order valence-electron chi connectivity index (χ1n) is 6.22. The van der Waals surface area contributed by atoms with Crippen molar-refractivity contribution >= 4 is 22.6 Å². The summed E-state index contributed by atoms with van der Waals surface area (Å²) in [5.41, 5.74) is 1.84. The van der Waals surface area contributed by atoms with Crippen molar-refractivity contribution in [3.8, 4) is 5.75 Å². The van der Waals surface area contributed by atoms with Gasteiger partial charge in [0.2, 0.25) is 11.2 Å². The van der Waals surface area contributed by atoms with E-state index in [-0.39, 0.29) is 6.54 Å². The van der Waals surface area contributed by atoms with Crippen molar-refractivity contribution in [2.45, 2.75) is 20.1 Å². The predicted octanol–water partition coefficient (Wildman–Crippen LogP) is 2.18. The van der Waals surface area contributed by atoms with Crippen LogP contribution in [0, 0.1) is 11.6 Å². The number of fused-ring (bicyclic) bond motifs is 1. The zero-order chi connectivity index (χ0) is 17.5. The summed E-state index contributed by atoms with van der Waals surface area (Å²) in [5, 5.41) is 8.27. The molecule has 124 valence electrons. The molecule has 1 heterocycles. The fourth-order valence-electron chi connectivity index (χ4n) is 2.19. The van der Waals surface area contributed by atoms with Crippen LogP contribution in [-0.2, 0) is 6.54 Å². The number of hydrogen-bond donors (Lipinski definition) is 2. The van der Waals surface area contributed by atoms with Gasteiger partial charge in [-0.05, 0) is 6.92 Å². The van der Waals surface area contributed by atoms with E-state index in [1.807, 2.05) is 0 Å². The highest BCUT2D eigenvalue weighted by Gasteiger charge is 2.27. The molecule has 0 amide bonds. The van der Waals surface area contributed by atoms with Crippen LogP contribution in [0.4, 0.5) is 23.2 Å². The molecule has 0 aliphatic carbocycles. The molecular weight excluding hydrogens is 324 g/mol. The van der Waals surface area contributed by atoms with Gasteiger partial charge in [-0.3, -0.25) is 4.79 Å². The Bertz CT molecular complexity index is 864. The SMILES string of the molecule is CCn1cc(C(=O)O)c(=O)c2c(N)c(F)c(F)c(OC(F)F)c21. The molecular formula is C13H10F4N2O4. The third-order valence-corrected chi connectivity index (χ3v) is 3.17. The number of carboxylic acids is 1. The lowest BCUT2D eigenvalue weighted by Crippen LogP contribution is -2.22. The molecule has 10 heteroatoms. The minimum absolute atomic E-state index is 0.0405. The minimum atomic E-state index is -3.49. The zero-order valence-electron chi connectivity index (χ0n) is 11.6. The third-order valence-electron chi connectivity index (χ3n) is 3.17. The summed E-state index contributed by atoms with van der Waals surface area (Å²) in [6.45, 7) is -2.06. The van der Waals surface area contributed by atoms with Gasteiger partial charge in [-0.2, -0.15) is 13.2 Å². The van der Waals surface area contributed by atoms with E-state index in [2.05, 4.69) is 4.74 Å². The van der Waals surface area contributed by atoms with E-state index in [0.717, 1.165) is 10.8 Å². The Kier molecular flexibility index (Phi) is 4.17. The lowest BCUT2D eigenvalue weighted by atomic mass is 10.1. The number of rotatable bonds is 4. The van der Waals surface area contributed by atoms with E-state index in [9.17, 15) is 27.2 Å². The summed E-state index contributed by atoms with van der Waals surface area (Å²) in [4.78, 5) is 23.2. The van der Waals surface area contributed by atoms with Crippen LogP contribution in [0.15, 0.2) is 11.0 Å². The highest BCUT2D eigenvalue weighted by atomic mass is 19.3. The molecule has 0 unspecified atom stereocenters. The molecule has 1 aromatic carbocycles. The maximum absolute atomic E-state index is 13.9. The molecule has 0 radical (unpaired) electrons.